The van der Waals surface area contributed by atoms with Crippen LogP contribution in [-0.2, 0) is 3.49 Å². The first-order valence-corrected chi connectivity index (χ1v) is 4.84. The van der Waals surface area contributed by atoms with Crippen LogP contribution in [0.5, 0.6) is 5.75 Å². The highest BCUT2D eigenvalue weighted by atomic mass is 79.9. The molecule has 12 heavy (non-hydrogen) atoms. The lowest BCUT2D eigenvalue weighted by atomic mass is 10.2. The maximum Gasteiger partial charge on any atom is 0.244 e. The van der Waals surface area contributed by atoms with Gasteiger partial charge in [-0.1, -0.05) is 12.1 Å². The number of halogens is 3. The van der Waals surface area contributed by atoms with Crippen molar-refractivity contribution in [1.82, 2.24) is 0 Å². The van der Waals surface area contributed by atoms with Gasteiger partial charge >= 0.3 is 0 Å². The summed E-state index contributed by atoms with van der Waals surface area (Å²) < 4.78 is 16.4. The van der Waals surface area contributed by atoms with E-state index in [1.807, 2.05) is 0 Å². The highest BCUT2D eigenvalue weighted by Crippen LogP contribution is 2.39. The smallest absolute Gasteiger partial charge is 0.244 e. The summed E-state index contributed by atoms with van der Waals surface area (Å²) in [7, 11) is 1.57. The Labute approximate surface area is 87.2 Å². The summed E-state index contributed by atoms with van der Waals surface area (Å²) >= 11 is 5.68. The molecule has 0 spiro atoms. The van der Waals surface area contributed by atoms with Crippen molar-refractivity contribution >= 4 is 31.9 Å². The fourth-order valence-electron chi connectivity index (χ4n) is 0.780. The molecule has 1 rings (SSSR count). The van der Waals surface area contributed by atoms with Crippen molar-refractivity contribution in [1.29, 1.82) is 0 Å². The lowest BCUT2D eigenvalue weighted by Crippen LogP contribution is -1.99. The number of benzene rings is 1. The molecule has 0 amide bonds. The van der Waals surface area contributed by atoms with Crippen LogP contribution in [0.3, 0.4) is 0 Å². The van der Waals surface area contributed by atoms with Gasteiger partial charge in [-0.05, 0) is 44.0 Å². The Morgan fingerprint density at radius 1 is 1.25 bits per heavy atom. The molecule has 0 atom stereocenters. The largest absolute Gasteiger partial charge is 0.497 e. The van der Waals surface area contributed by atoms with Gasteiger partial charge in [0.15, 0.2) is 0 Å². The first-order chi connectivity index (χ1) is 5.54. The summed E-state index contributed by atoms with van der Waals surface area (Å²) in [6, 6.07) is 6.68. The maximum absolute atomic E-state index is 13.1. The van der Waals surface area contributed by atoms with E-state index in [4.69, 9.17) is 4.74 Å². The standard InChI is InChI=1S/C8H7Br2FO/c1-12-7-4-2-6(3-5-7)8(9,10)11/h2-5H,1H3. The van der Waals surface area contributed by atoms with Gasteiger partial charge in [0.25, 0.3) is 0 Å². The fourth-order valence-corrected chi connectivity index (χ4v) is 1.31. The van der Waals surface area contributed by atoms with Gasteiger partial charge in [-0.25, -0.2) is 4.39 Å². The van der Waals surface area contributed by atoms with Crippen molar-refractivity contribution in [3.8, 4) is 5.75 Å². The van der Waals surface area contributed by atoms with Crippen molar-refractivity contribution in [2.75, 3.05) is 7.11 Å². The van der Waals surface area contributed by atoms with E-state index in [0.717, 1.165) is 0 Å². The van der Waals surface area contributed by atoms with Crippen LogP contribution in [0.2, 0.25) is 0 Å². The number of alkyl halides is 3. The third-order valence-electron chi connectivity index (χ3n) is 1.42. The van der Waals surface area contributed by atoms with Crippen LogP contribution in [0, 0.1) is 0 Å². The van der Waals surface area contributed by atoms with Crippen LogP contribution in [0.4, 0.5) is 4.39 Å². The molecular formula is C8H7Br2FO. The zero-order valence-corrected chi connectivity index (χ0v) is 9.52. The van der Waals surface area contributed by atoms with Gasteiger partial charge in [-0.2, -0.15) is 0 Å². The first-order valence-electron chi connectivity index (χ1n) is 3.25. The van der Waals surface area contributed by atoms with Crippen LogP contribution in [0.1, 0.15) is 5.56 Å². The van der Waals surface area contributed by atoms with Crippen molar-refractivity contribution in [3.63, 3.8) is 0 Å². The second kappa shape index (κ2) is 3.75. The second-order valence-electron chi connectivity index (χ2n) is 2.23. The molecule has 0 aliphatic carbocycles. The summed E-state index contributed by atoms with van der Waals surface area (Å²) in [5.41, 5.74) is 0.503. The average Bonchev–Trinajstić information content (AvgIpc) is 2.03. The van der Waals surface area contributed by atoms with Gasteiger partial charge in [-0.15, -0.1) is 0 Å². The number of ether oxygens (including phenoxy) is 1. The monoisotopic (exact) mass is 296 g/mol. The molecule has 66 valence electrons. The van der Waals surface area contributed by atoms with Gasteiger partial charge in [0.1, 0.15) is 5.75 Å². The second-order valence-corrected chi connectivity index (χ2v) is 5.48. The van der Waals surface area contributed by atoms with E-state index in [0.29, 0.717) is 11.3 Å². The van der Waals surface area contributed by atoms with E-state index in [1.54, 1.807) is 31.4 Å². The molecule has 1 nitrogen and oxygen atoms in total. The van der Waals surface area contributed by atoms with Gasteiger partial charge in [0.05, 0.1) is 7.11 Å². The minimum Gasteiger partial charge on any atom is -0.497 e. The predicted molar refractivity (Wildman–Crippen MR) is 53.6 cm³/mol. The van der Waals surface area contributed by atoms with Crippen LogP contribution >= 0.6 is 31.9 Å². The van der Waals surface area contributed by atoms with Crippen LogP contribution in [0.15, 0.2) is 24.3 Å². The summed E-state index contributed by atoms with van der Waals surface area (Å²) in [5, 5.41) is 0. The van der Waals surface area contributed by atoms with Crippen LogP contribution < -0.4 is 4.74 Å². The lowest BCUT2D eigenvalue weighted by molar-refractivity contribution is 0.412. The normalized spacial score (nSPS) is 11.3. The van der Waals surface area contributed by atoms with Gasteiger partial charge in [-0.3, -0.25) is 0 Å². The molecule has 1 aromatic carbocycles. The molecule has 0 fully saturated rings. The van der Waals surface area contributed by atoms with E-state index >= 15 is 0 Å². The van der Waals surface area contributed by atoms with Crippen molar-refractivity contribution in [3.05, 3.63) is 29.8 Å². The predicted octanol–water partition coefficient (Wildman–Crippen LogP) is 3.56. The van der Waals surface area contributed by atoms with E-state index in [1.165, 1.54) is 0 Å². The zero-order chi connectivity index (χ0) is 9.19. The van der Waals surface area contributed by atoms with E-state index in [9.17, 15) is 4.39 Å². The topological polar surface area (TPSA) is 9.23 Å². The third kappa shape index (κ3) is 2.45. The summed E-state index contributed by atoms with van der Waals surface area (Å²) in [6.07, 6.45) is 0. The number of rotatable bonds is 2. The molecule has 0 saturated heterocycles. The quantitative estimate of drug-likeness (QED) is 0.759. The Hall–Kier alpha value is -0.0900. The molecule has 0 aliphatic heterocycles. The first kappa shape index (κ1) is 9.99. The Balaban J connectivity index is 2.93. The zero-order valence-electron chi connectivity index (χ0n) is 6.35. The lowest BCUT2D eigenvalue weighted by Gasteiger charge is -2.10. The Kier molecular flexibility index (Phi) is 3.12. The molecule has 1 aromatic rings. The highest BCUT2D eigenvalue weighted by Gasteiger charge is 2.23. The van der Waals surface area contributed by atoms with E-state index in [-0.39, 0.29) is 0 Å². The molecule has 4 heteroatoms. The molecule has 0 saturated carbocycles. The molecule has 0 aromatic heterocycles. The molecule has 0 radical (unpaired) electrons. The fraction of sp³-hybridized carbons (Fsp3) is 0.250. The molecule has 0 bridgehead atoms. The Bertz CT molecular complexity index is 253. The van der Waals surface area contributed by atoms with Crippen LogP contribution in [0.25, 0.3) is 0 Å². The SMILES string of the molecule is COc1ccc(C(F)(Br)Br)cc1. The van der Waals surface area contributed by atoms with Crippen molar-refractivity contribution in [2.24, 2.45) is 0 Å². The number of hydrogen-bond donors (Lipinski definition) is 0. The van der Waals surface area contributed by atoms with E-state index < -0.39 is 3.49 Å². The molecule has 0 aliphatic rings. The summed E-state index contributed by atoms with van der Waals surface area (Å²) in [4.78, 5) is 0. The molecule has 0 N–H and O–H groups in total. The highest BCUT2D eigenvalue weighted by molar-refractivity contribution is 9.24. The van der Waals surface area contributed by atoms with Crippen LogP contribution in [-0.4, -0.2) is 7.11 Å². The molecule has 0 unspecified atom stereocenters. The summed E-state index contributed by atoms with van der Waals surface area (Å²) in [5.74, 6) is 0.711. The Morgan fingerprint density at radius 3 is 2.08 bits per heavy atom. The Morgan fingerprint density at radius 2 is 1.75 bits per heavy atom. The van der Waals surface area contributed by atoms with Crippen molar-refractivity contribution in [2.45, 2.75) is 3.49 Å². The molecular weight excluding hydrogens is 291 g/mol. The summed E-state index contributed by atoms with van der Waals surface area (Å²) in [6.45, 7) is 0. The number of methoxy groups -OCH3 is 1. The van der Waals surface area contributed by atoms with Gasteiger partial charge in [0.2, 0.25) is 3.49 Å². The minimum atomic E-state index is -1.65. The third-order valence-corrected chi connectivity index (χ3v) is 2.33. The van der Waals surface area contributed by atoms with Gasteiger partial charge in [0, 0.05) is 5.56 Å². The average molecular weight is 298 g/mol. The van der Waals surface area contributed by atoms with E-state index in [2.05, 4.69) is 31.9 Å². The molecule has 0 heterocycles. The number of hydrogen-bond acceptors (Lipinski definition) is 1. The maximum atomic E-state index is 13.1. The van der Waals surface area contributed by atoms with Crippen molar-refractivity contribution < 1.29 is 9.13 Å². The minimum absolute atomic E-state index is 0.503. The van der Waals surface area contributed by atoms with Gasteiger partial charge < -0.3 is 4.74 Å².